The first-order valence-corrected chi connectivity index (χ1v) is 11.1. The third kappa shape index (κ3) is 4.37. The molecule has 0 unspecified atom stereocenters. The van der Waals surface area contributed by atoms with Gasteiger partial charge in [-0.3, -0.25) is 14.4 Å². The highest BCUT2D eigenvalue weighted by molar-refractivity contribution is 5.98. The van der Waals surface area contributed by atoms with Crippen LogP contribution in [-0.4, -0.2) is 61.4 Å². The molecule has 174 valence electrons. The molecule has 0 bridgehead atoms. The summed E-state index contributed by atoms with van der Waals surface area (Å²) in [6.07, 6.45) is 1.20. The number of amides is 3. The number of ether oxygens (including phenoxy) is 2. The molecule has 2 aliphatic rings. The van der Waals surface area contributed by atoms with Crippen LogP contribution in [0, 0.1) is 0 Å². The van der Waals surface area contributed by atoms with Gasteiger partial charge in [0.1, 0.15) is 6.04 Å². The molecule has 0 radical (unpaired) electrons. The summed E-state index contributed by atoms with van der Waals surface area (Å²) in [6.45, 7) is 1.39. The molecule has 0 saturated heterocycles. The lowest BCUT2D eigenvalue weighted by molar-refractivity contribution is -0.141. The predicted octanol–water partition coefficient (Wildman–Crippen LogP) is 2.14. The molecule has 0 aliphatic carbocycles. The lowest BCUT2D eigenvalue weighted by Crippen LogP contribution is -2.52. The second kappa shape index (κ2) is 9.52. The van der Waals surface area contributed by atoms with E-state index < -0.39 is 6.04 Å². The molecule has 0 aromatic heterocycles. The lowest BCUT2D eigenvalue weighted by Gasteiger charge is -2.36. The first kappa shape index (κ1) is 22.6. The number of carbonyl (C=O) groups excluding carboxylic acids is 3. The SMILES string of the molecule is CNC(=O)[C@@H]1Cc2cc(OC)c(OC)cc2CN1C(=O)CCCN1Cc2ccccc2C1=O. The fourth-order valence-corrected chi connectivity index (χ4v) is 4.64. The number of fused-ring (bicyclic) bond motifs is 2. The Morgan fingerprint density at radius 2 is 1.73 bits per heavy atom. The Labute approximate surface area is 193 Å². The molecule has 8 heteroatoms. The fourth-order valence-electron chi connectivity index (χ4n) is 4.64. The van der Waals surface area contributed by atoms with Crippen molar-refractivity contribution >= 4 is 17.7 Å². The number of hydrogen-bond donors (Lipinski definition) is 1. The molecule has 1 N–H and O–H groups in total. The van der Waals surface area contributed by atoms with Crippen LogP contribution in [0.25, 0.3) is 0 Å². The zero-order valence-corrected chi connectivity index (χ0v) is 19.2. The Morgan fingerprint density at radius 3 is 2.39 bits per heavy atom. The Bertz CT molecular complexity index is 1080. The molecular weight excluding hydrogens is 422 g/mol. The molecule has 2 heterocycles. The van der Waals surface area contributed by atoms with E-state index in [4.69, 9.17) is 9.47 Å². The summed E-state index contributed by atoms with van der Waals surface area (Å²) < 4.78 is 10.8. The van der Waals surface area contributed by atoms with Gasteiger partial charge >= 0.3 is 0 Å². The van der Waals surface area contributed by atoms with E-state index in [1.54, 1.807) is 31.1 Å². The summed E-state index contributed by atoms with van der Waals surface area (Å²) in [5.41, 5.74) is 3.66. The van der Waals surface area contributed by atoms with E-state index in [9.17, 15) is 14.4 Å². The van der Waals surface area contributed by atoms with Crippen LogP contribution >= 0.6 is 0 Å². The van der Waals surface area contributed by atoms with Gasteiger partial charge in [0.25, 0.3) is 5.91 Å². The van der Waals surface area contributed by atoms with E-state index in [2.05, 4.69) is 5.32 Å². The Morgan fingerprint density at radius 1 is 1.03 bits per heavy atom. The maximum atomic E-state index is 13.2. The monoisotopic (exact) mass is 451 g/mol. The Balaban J connectivity index is 1.44. The van der Waals surface area contributed by atoms with Gasteiger partial charge in [0.2, 0.25) is 11.8 Å². The van der Waals surface area contributed by atoms with Crippen LogP contribution in [0.4, 0.5) is 0 Å². The van der Waals surface area contributed by atoms with Crippen LogP contribution in [-0.2, 0) is 29.1 Å². The van der Waals surface area contributed by atoms with Gasteiger partial charge in [0, 0.05) is 45.1 Å². The second-order valence-corrected chi connectivity index (χ2v) is 8.32. The molecule has 2 aromatic carbocycles. The van der Waals surface area contributed by atoms with Crippen molar-refractivity contribution in [3.63, 3.8) is 0 Å². The van der Waals surface area contributed by atoms with Crippen LogP contribution in [0.5, 0.6) is 11.5 Å². The summed E-state index contributed by atoms with van der Waals surface area (Å²) in [7, 11) is 4.72. The highest BCUT2D eigenvalue weighted by Gasteiger charge is 2.35. The van der Waals surface area contributed by atoms with Crippen LogP contribution in [0.1, 0.15) is 39.9 Å². The van der Waals surface area contributed by atoms with E-state index in [1.807, 2.05) is 36.4 Å². The highest BCUT2D eigenvalue weighted by atomic mass is 16.5. The molecule has 33 heavy (non-hydrogen) atoms. The minimum atomic E-state index is -0.592. The van der Waals surface area contributed by atoms with Crippen molar-refractivity contribution in [2.24, 2.45) is 0 Å². The van der Waals surface area contributed by atoms with Gasteiger partial charge < -0.3 is 24.6 Å². The zero-order valence-electron chi connectivity index (χ0n) is 19.2. The van der Waals surface area contributed by atoms with Crippen molar-refractivity contribution in [1.29, 1.82) is 0 Å². The van der Waals surface area contributed by atoms with Crippen LogP contribution in [0.15, 0.2) is 36.4 Å². The smallest absolute Gasteiger partial charge is 0.254 e. The maximum Gasteiger partial charge on any atom is 0.254 e. The van der Waals surface area contributed by atoms with E-state index in [0.717, 1.165) is 22.3 Å². The first-order chi connectivity index (χ1) is 16.0. The quantitative estimate of drug-likeness (QED) is 0.697. The molecule has 0 saturated carbocycles. The highest BCUT2D eigenvalue weighted by Crippen LogP contribution is 2.35. The topological polar surface area (TPSA) is 88.2 Å². The van der Waals surface area contributed by atoms with Crippen molar-refractivity contribution in [3.8, 4) is 11.5 Å². The molecule has 4 rings (SSSR count). The lowest BCUT2D eigenvalue weighted by atomic mass is 9.92. The van der Waals surface area contributed by atoms with E-state index in [1.165, 1.54) is 0 Å². The van der Waals surface area contributed by atoms with Gasteiger partial charge in [-0.05, 0) is 41.3 Å². The molecule has 8 nitrogen and oxygen atoms in total. The number of nitrogens with one attached hydrogen (secondary N) is 1. The predicted molar refractivity (Wildman–Crippen MR) is 122 cm³/mol. The fraction of sp³-hybridized carbons (Fsp3) is 0.400. The Kier molecular flexibility index (Phi) is 6.53. The number of carbonyl (C=O) groups is 3. The molecule has 3 amide bonds. The van der Waals surface area contributed by atoms with E-state index >= 15 is 0 Å². The standard InChI is InChI=1S/C25H29N3O5/c1-26-24(30)20-11-17-12-21(32-2)22(33-3)13-18(17)15-28(20)23(29)9-6-10-27-14-16-7-4-5-8-19(16)25(27)31/h4-5,7-8,12-13,20H,6,9-11,14-15H2,1-3H3,(H,26,30)/t20-/m0/s1. The minimum Gasteiger partial charge on any atom is -0.493 e. The van der Waals surface area contributed by atoms with Gasteiger partial charge in [-0.25, -0.2) is 0 Å². The summed E-state index contributed by atoms with van der Waals surface area (Å²) in [5, 5.41) is 2.68. The van der Waals surface area contributed by atoms with Crippen molar-refractivity contribution < 1.29 is 23.9 Å². The van der Waals surface area contributed by atoms with Crippen molar-refractivity contribution in [2.75, 3.05) is 27.8 Å². The number of likely N-dealkylation sites (N-methyl/N-ethyl adjacent to an activating group) is 1. The molecule has 1 atom stereocenters. The number of methoxy groups -OCH3 is 2. The second-order valence-electron chi connectivity index (χ2n) is 8.32. The summed E-state index contributed by atoms with van der Waals surface area (Å²) in [6, 6.07) is 10.7. The van der Waals surface area contributed by atoms with Gasteiger partial charge in [-0.2, -0.15) is 0 Å². The van der Waals surface area contributed by atoms with Gasteiger partial charge in [0.05, 0.1) is 14.2 Å². The van der Waals surface area contributed by atoms with Gasteiger partial charge in [0.15, 0.2) is 11.5 Å². The number of benzene rings is 2. The van der Waals surface area contributed by atoms with E-state index in [0.29, 0.717) is 44.0 Å². The first-order valence-electron chi connectivity index (χ1n) is 11.1. The largest absolute Gasteiger partial charge is 0.493 e. The molecule has 0 fully saturated rings. The van der Waals surface area contributed by atoms with Crippen molar-refractivity contribution in [2.45, 2.75) is 38.4 Å². The van der Waals surface area contributed by atoms with E-state index in [-0.39, 0.29) is 24.1 Å². The van der Waals surface area contributed by atoms with Crippen molar-refractivity contribution in [1.82, 2.24) is 15.1 Å². The molecule has 2 aliphatic heterocycles. The molecule has 0 spiro atoms. The third-order valence-electron chi connectivity index (χ3n) is 6.42. The summed E-state index contributed by atoms with van der Waals surface area (Å²) >= 11 is 0. The Hall–Kier alpha value is -3.55. The average Bonchev–Trinajstić information content (AvgIpc) is 3.17. The third-order valence-corrected chi connectivity index (χ3v) is 6.42. The number of hydrogen-bond acceptors (Lipinski definition) is 5. The van der Waals surface area contributed by atoms with Crippen molar-refractivity contribution in [3.05, 3.63) is 58.7 Å². The van der Waals surface area contributed by atoms with Crippen LogP contribution in [0.2, 0.25) is 0 Å². The summed E-state index contributed by atoms with van der Waals surface area (Å²) in [5.74, 6) is 0.897. The number of rotatable bonds is 7. The summed E-state index contributed by atoms with van der Waals surface area (Å²) in [4.78, 5) is 41.8. The molecule has 2 aromatic rings. The normalized spacial score (nSPS) is 16.8. The van der Waals surface area contributed by atoms with Crippen LogP contribution < -0.4 is 14.8 Å². The average molecular weight is 452 g/mol. The number of nitrogens with zero attached hydrogens (tertiary/aromatic N) is 2. The van der Waals surface area contributed by atoms with Gasteiger partial charge in [-0.15, -0.1) is 0 Å². The molecular formula is C25H29N3O5. The zero-order chi connectivity index (χ0) is 23.5. The minimum absolute atomic E-state index is 0.00854. The van der Waals surface area contributed by atoms with Crippen LogP contribution in [0.3, 0.4) is 0 Å². The maximum absolute atomic E-state index is 13.2. The van der Waals surface area contributed by atoms with Gasteiger partial charge in [-0.1, -0.05) is 18.2 Å².